The Morgan fingerprint density at radius 2 is 1.93 bits per heavy atom. The standard InChI is InChI=1S/C24H27N3O2/c1-3-20(17-10-8-16(2)9-11-17)26-23(28)18-12-13-19-21(15-18)25-22-7-5-4-6-14-27(22)24(19)29/h8-13,15,20H,3-7,14H2,1-2H3,(H,26,28)/t20-/m1/s1. The van der Waals surface area contributed by atoms with E-state index in [-0.39, 0.29) is 17.5 Å². The lowest BCUT2D eigenvalue weighted by molar-refractivity contribution is 0.0935. The number of rotatable bonds is 4. The summed E-state index contributed by atoms with van der Waals surface area (Å²) in [5, 5.41) is 3.70. The largest absolute Gasteiger partial charge is 0.345 e. The maximum absolute atomic E-state index is 12.9. The lowest BCUT2D eigenvalue weighted by Gasteiger charge is -2.18. The topological polar surface area (TPSA) is 64.0 Å². The van der Waals surface area contributed by atoms with Crippen molar-refractivity contribution >= 4 is 16.8 Å². The Labute approximate surface area is 170 Å². The van der Waals surface area contributed by atoms with Crippen LogP contribution in [0.4, 0.5) is 0 Å². The van der Waals surface area contributed by atoms with Gasteiger partial charge in [-0.1, -0.05) is 43.2 Å². The van der Waals surface area contributed by atoms with Crippen molar-refractivity contribution in [3.05, 3.63) is 75.3 Å². The molecule has 1 N–H and O–H groups in total. The van der Waals surface area contributed by atoms with Gasteiger partial charge in [0, 0.05) is 18.5 Å². The van der Waals surface area contributed by atoms with Crippen molar-refractivity contribution in [3.63, 3.8) is 0 Å². The molecule has 0 saturated carbocycles. The molecule has 150 valence electrons. The fourth-order valence-electron chi connectivity index (χ4n) is 4.02. The molecule has 5 heteroatoms. The van der Waals surface area contributed by atoms with E-state index in [2.05, 4.69) is 43.4 Å². The van der Waals surface area contributed by atoms with Crippen LogP contribution in [0.1, 0.15) is 66.0 Å². The Hall–Kier alpha value is -2.95. The smallest absolute Gasteiger partial charge is 0.261 e. The Kier molecular flexibility index (Phi) is 5.47. The number of aryl methyl sites for hydroxylation is 2. The van der Waals surface area contributed by atoms with E-state index in [9.17, 15) is 9.59 Å². The Morgan fingerprint density at radius 1 is 1.14 bits per heavy atom. The number of amides is 1. The Balaban J connectivity index is 1.64. The third-order valence-electron chi connectivity index (χ3n) is 5.77. The molecule has 1 aliphatic rings. The van der Waals surface area contributed by atoms with Crippen LogP contribution in [-0.2, 0) is 13.0 Å². The van der Waals surface area contributed by atoms with Gasteiger partial charge < -0.3 is 5.32 Å². The number of carbonyl (C=O) groups excluding carboxylic acids is 1. The second kappa shape index (κ2) is 8.19. The molecule has 0 aliphatic carbocycles. The monoisotopic (exact) mass is 389 g/mol. The molecular formula is C24H27N3O2. The summed E-state index contributed by atoms with van der Waals surface area (Å²) in [5.41, 5.74) is 3.44. The maximum Gasteiger partial charge on any atom is 0.261 e. The molecule has 1 aliphatic heterocycles. The van der Waals surface area contributed by atoms with Gasteiger partial charge in [-0.15, -0.1) is 0 Å². The van der Waals surface area contributed by atoms with Gasteiger partial charge in [0.25, 0.3) is 11.5 Å². The molecule has 2 aromatic carbocycles. The molecule has 4 rings (SSSR count). The summed E-state index contributed by atoms with van der Waals surface area (Å²) in [6, 6.07) is 13.4. The third kappa shape index (κ3) is 3.95. The number of hydrogen-bond donors (Lipinski definition) is 1. The molecule has 0 bridgehead atoms. The first-order valence-corrected chi connectivity index (χ1v) is 10.5. The van der Waals surface area contributed by atoms with Crippen LogP contribution in [0.2, 0.25) is 0 Å². The average Bonchev–Trinajstić information content (AvgIpc) is 2.98. The summed E-state index contributed by atoms with van der Waals surface area (Å²) in [6.07, 6.45) is 4.79. The molecule has 0 unspecified atom stereocenters. The first-order valence-electron chi connectivity index (χ1n) is 10.5. The van der Waals surface area contributed by atoms with E-state index in [1.807, 2.05) is 0 Å². The minimum atomic E-state index is -0.142. The number of nitrogens with zero attached hydrogens (tertiary/aromatic N) is 2. The van der Waals surface area contributed by atoms with E-state index in [4.69, 9.17) is 4.98 Å². The van der Waals surface area contributed by atoms with Gasteiger partial charge in [0.2, 0.25) is 0 Å². The van der Waals surface area contributed by atoms with Crippen molar-refractivity contribution in [2.24, 2.45) is 0 Å². The molecule has 29 heavy (non-hydrogen) atoms. The highest BCUT2D eigenvalue weighted by molar-refractivity contribution is 5.97. The van der Waals surface area contributed by atoms with Crippen LogP contribution in [0, 0.1) is 6.92 Å². The van der Waals surface area contributed by atoms with Crippen LogP contribution in [0.15, 0.2) is 47.3 Å². The van der Waals surface area contributed by atoms with Gasteiger partial charge in [-0.2, -0.15) is 0 Å². The fourth-order valence-corrected chi connectivity index (χ4v) is 4.02. The van der Waals surface area contributed by atoms with Gasteiger partial charge in [-0.3, -0.25) is 14.2 Å². The predicted molar refractivity (Wildman–Crippen MR) is 115 cm³/mol. The Morgan fingerprint density at radius 3 is 2.69 bits per heavy atom. The summed E-state index contributed by atoms with van der Waals surface area (Å²) in [6.45, 7) is 4.84. The highest BCUT2D eigenvalue weighted by Gasteiger charge is 2.17. The zero-order chi connectivity index (χ0) is 20.4. The van der Waals surface area contributed by atoms with E-state index >= 15 is 0 Å². The quantitative estimate of drug-likeness (QED) is 0.723. The summed E-state index contributed by atoms with van der Waals surface area (Å²) in [7, 11) is 0. The number of carbonyl (C=O) groups is 1. The molecule has 1 atom stereocenters. The van der Waals surface area contributed by atoms with E-state index in [1.165, 1.54) is 5.56 Å². The third-order valence-corrected chi connectivity index (χ3v) is 5.77. The molecule has 0 radical (unpaired) electrons. The predicted octanol–water partition coefficient (Wildman–Crippen LogP) is 4.31. The molecule has 0 fully saturated rings. The average molecular weight is 389 g/mol. The van der Waals surface area contributed by atoms with Crippen molar-refractivity contribution in [2.45, 2.75) is 58.5 Å². The number of aromatic nitrogens is 2. The number of hydrogen-bond acceptors (Lipinski definition) is 3. The van der Waals surface area contributed by atoms with Gasteiger partial charge >= 0.3 is 0 Å². The first kappa shape index (κ1) is 19.4. The number of benzene rings is 2. The zero-order valence-corrected chi connectivity index (χ0v) is 17.1. The highest BCUT2D eigenvalue weighted by Crippen LogP contribution is 2.20. The highest BCUT2D eigenvalue weighted by atomic mass is 16.1. The SMILES string of the molecule is CC[C@@H](NC(=O)c1ccc2c(=O)n3c(nc2c1)CCCCC3)c1ccc(C)cc1. The van der Waals surface area contributed by atoms with E-state index in [0.29, 0.717) is 16.5 Å². The fraction of sp³-hybridized carbons (Fsp3) is 0.375. The van der Waals surface area contributed by atoms with Crippen molar-refractivity contribution in [1.82, 2.24) is 14.9 Å². The molecule has 2 heterocycles. The summed E-state index contributed by atoms with van der Waals surface area (Å²) >= 11 is 0. The van der Waals surface area contributed by atoms with Gasteiger partial charge in [0.15, 0.2) is 0 Å². The van der Waals surface area contributed by atoms with Gasteiger partial charge in [0.05, 0.1) is 16.9 Å². The van der Waals surface area contributed by atoms with Gasteiger partial charge in [0.1, 0.15) is 5.82 Å². The molecule has 1 aromatic heterocycles. The maximum atomic E-state index is 12.9. The Bertz CT molecular complexity index is 1100. The first-order chi connectivity index (χ1) is 14.1. The van der Waals surface area contributed by atoms with Crippen molar-refractivity contribution in [3.8, 4) is 0 Å². The van der Waals surface area contributed by atoms with E-state index in [0.717, 1.165) is 50.0 Å². The van der Waals surface area contributed by atoms with Crippen LogP contribution in [-0.4, -0.2) is 15.5 Å². The van der Waals surface area contributed by atoms with Crippen molar-refractivity contribution < 1.29 is 4.79 Å². The molecule has 3 aromatic rings. The minimum absolute atomic E-state index is 0.00458. The molecule has 0 saturated heterocycles. The second-order valence-electron chi connectivity index (χ2n) is 7.87. The lowest BCUT2D eigenvalue weighted by atomic mass is 10.0. The second-order valence-corrected chi connectivity index (χ2v) is 7.87. The van der Waals surface area contributed by atoms with Gasteiger partial charge in [-0.25, -0.2) is 4.98 Å². The van der Waals surface area contributed by atoms with Crippen LogP contribution >= 0.6 is 0 Å². The van der Waals surface area contributed by atoms with Crippen LogP contribution in [0.3, 0.4) is 0 Å². The van der Waals surface area contributed by atoms with Crippen molar-refractivity contribution in [2.75, 3.05) is 0 Å². The van der Waals surface area contributed by atoms with Gasteiger partial charge in [-0.05, 0) is 49.9 Å². The number of nitrogens with one attached hydrogen (secondary N) is 1. The van der Waals surface area contributed by atoms with Crippen LogP contribution < -0.4 is 10.9 Å². The molecule has 0 spiro atoms. The molecular weight excluding hydrogens is 362 g/mol. The summed E-state index contributed by atoms with van der Waals surface area (Å²) in [4.78, 5) is 30.5. The van der Waals surface area contributed by atoms with Crippen LogP contribution in [0.25, 0.3) is 10.9 Å². The van der Waals surface area contributed by atoms with Crippen molar-refractivity contribution in [1.29, 1.82) is 0 Å². The molecule has 5 nitrogen and oxygen atoms in total. The van der Waals surface area contributed by atoms with E-state index < -0.39 is 0 Å². The molecule has 1 amide bonds. The van der Waals surface area contributed by atoms with E-state index in [1.54, 1.807) is 22.8 Å². The number of fused-ring (bicyclic) bond motifs is 2. The normalized spacial score (nSPS) is 14.8. The minimum Gasteiger partial charge on any atom is -0.345 e. The summed E-state index contributed by atoms with van der Waals surface area (Å²) in [5.74, 6) is 0.694. The lowest BCUT2D eigenvalue weighted by Crippen LogP contribution is -2.28. The summed E-state index contributed by atoms with van der Waals surface area (Å²) < 4.78 is 1.81. The zero-order valence-electron chi connectivity index (χ0n) is 17.1. The van der Waals surface area contributed by atoms with Crippen LogP contribution in [0.5, 0.6) is 0 Å².